The van der Waals surface area contributed by atoms with E-state index in [2.05, 4.69) is 5.32 Å². The second kappa shape index (κ2) is 5.80. The number of non-ortho nitro benzene ring substituents is 1. The average Bonchev–Trinajstić information content (AvgIpc) is 2.40. The van der Waals surface area contributed by atoms with Gasteiger partial charge in [-0.05, 0) is 36.8 Å². The van der Waals surface area contributed by atoms with Crippen LogP contribution in [0.25, 0.3) is 0 Å². The van der Waals surface area contributed by atoms with Crippen molar-refractivity contribution in [2.45, 2.75) is 6.92 Å². The summed E-state index contributed by atoms with van der Waals surface area (Å²) in [7, 11) is 0. The number of benzene rings is 2. The molecule has 0 unspecified atom stereocenters. The lowest BCUT2D eigenvalue weighted by Gasteiger charge is -2.10. The molecular weight excluding hydrogens is 294 g/mol. The summed E-state index contributed by atoms with van der Waals surface area (Å²) in [5, 5.41) is 13.8. The Morgan fingerprint density at radius 2 is 2.00 bits per heavy atom. The molecule has 0 atom stereocenters. The fourth-order valence-electron chi connectivity index (χ4n) is 1.83. The number of nitrogen functional groups attached to an aromatic ring is 1. The first-order chi connectivity index (χ1) is 9.88. The van der Waals surface area contributed by atoms with E-state index in [0.29, 0.717) is 16.3 Å². The number of nitro groups is 1. The van der Waals surface area contributed by atoms with Gasteiger partial charge < -0.3 is 11.1 Å². The van der Waals surface area contributed by atoms with Crippen molar-refractivity contribution in [1.82, 2.24) is 0 Å². The van der Waals surface area contributed by atoms with Gasteiger partial charge in [0.05, 0.1) is 10.5 Å². The SMILES string of the molecule is Cc1cc([N+](=O)[O-])ccc1NC(=O)c1ccc(Cl)cc1N. The van der Waals surface area contributed by atoms with Gasteiger partial charge in [0.25, 0.3) is 11.6 Å². The van der Waals surface area contributed by atoms with Crippen molar-refractivity contribution in [1.29, 1.82) is 0 Å². The number of nitrogens with one attached hydrogen (secondary N) is 1. The van der Waals surface area contributed by atoms with Crippen LogP contribution in [0.4, 0.5) is 17.1 Å². The largest absolute Gasteiger partial charge is 0.398 e. The van der Waals surface area contributed by atoms with Crippen molar-refractivity contribution in [3.05, 3.63) is 62.7 Å². The number of hydrogen-bond donors (Lipinski definition) is 2. The van der Waals surface area contributed by atoms with E-state index in [1.165, 1.54) is 30.3 Å². The highest BCUT2D eigenvalue weighted by atomic mass is 35.5. The average molecular weight is 306 g/mol. The van der Waals surface area contributed by atoms with Gasteiger partial charge in [-0.1, -0.05) is 11.6 Å². The number of nitrogens with two attached hydrogens (primary N) is 1. The Labute approximate surface area is 125 Å². The smallest absolute Gasteiger partial charge is 0.269 e. The van der Waals surface area contributed by atoms with E-state index < -0.39 is 10.8 Å². The fourth-order valence-corrected chi connectivity index (χ4v) is 2.01. The number of rotatable bonds is 3. The minimum atomic E-state index is -0.490. The first-order valence-corrected chi connectivity index (χ1v) is 6.37. The summed E-state index contributed by atoms with van der Waals surface area (Å²) in [6, 6.07) is 8.77. The number of hydrogen-bond acceptors (Lipinski definition) is 4. The predicted octanol–water partition coefficient (Wildman–Crippen LogP) is 3.39. The van der Waals surface area contributed by atoms with Crippen LogP contribution in [-0.2, 0) is 0 Å². The summed E-state index contributed by atoms with van der Waals surface area (Å²) < 4.78 is 0. The zero-order chi connectivity index (χ0) is 15.6. The van der Waals surface area contributed by atoms with Gasteiger partial charge in [-0.15, -0.1) is 0 Å². The topological polar surface area (TPSA) is 98.3 Å². The molecule has 0 aliphatic carbocycles. The van der Waals surface area contributed by atoms with Gasteiger partial charge >= 0.3 is 0 Å². The minimum absolute atomic E-state index is 0.0310. The zero-order valence-electron chi connectivity index (χ0n) is 11.1. The lowest BCUT2D eigenvalue weighted by molar-refractivity contribution is -0.384. The van der Waals surface area contributed by atoms with Gasteiger partial charge in [-0.3, -0.25) is 14.9 Å². The van der Waals surface area contributed by atoms with Gasteiger partial charge in [-0.25, -0.2) is 0 Å². The van der Waals surface area contributed by atoms with Crippen molar-refractivity contribution in [2.75, 3.05) is 11.1 Å². The molecule has 0 bridgehead atoms. The Kier molecular flexibility index (Phi) is 4.09. The Hall–Kier alpha value is -2.60. The van der Waals surface area contributed by atoms with Gasteiger partial charge in [0.15, 0.2) is 0 Å². The first kappa shape index (κ1) is 14.8. The number of anilines is 2. The molecule has 6 nitrogen and oxygen atoms in total. The van der Waals surface area contributed by atoms with Crippen molar-refractivity contribution in [2.24, 2.45) is 0 Å². The molecule has 0 aliphatic rings. The number of nitrogens with zero attached hydrogens (tertiary/aromatic N) is 1. The minimum Gasteiger partial charge on any atom is -0.398 e. The molecule has 0 heterocycles. The second-order valence-corrected chi connectivity index (χ2v) is 4.88. The molecule has 0 aromatic heterocycles. The molecule has 0 aliphatic heterocycles. The summed E-state index contributed by atoms with van der Waals surface area (Å²) in [6.45, 7) is 1.67. The predicted molar refractivity (Wildman–Crippen MR) is 81.7 cm³/mol. The third kappa shape index (κ3) is 3.29. The summed E-state index contributed by atoms with van der Waals surface area (Å²) in [5.41, 5.74) is 7.34. The molecule has 1 amide bonds. The number of amides is 1. The van der Waals surface area contributed by atoms with Gasteiger partial charge in [0.2, 0.25) is 0 Å². The van der Waals surface area contributed by atoms with Gasteiger partial charge in [0, 0.05) is 28.5 Å². The molecule has 0 fully saturated rings. The molecule has 0 radical (unpaired) electrons. The Morgan fingerprint density at radius 1 is 1.29 bits per heavy atom. The van der Waals surface area contributed by atoms with Crippen molar-refractivity contribution >= 4 is 34.6 Å². The molecule has 2 rings (SSSR count). The van der Waals surface area contributed by atoms with Crippen molar-refractivity contribution in [3.63, 3.8) is 0 Å². The molecule has 2 aromatic carbocycles. The first-order valence-electron chi connectivity index (χ1n) is 6.00. The molecule has 21 heavy (non-hydrogen) atoms. The maximum Gasteiger partial charge on any atom is 0.269 e. The van der Waals surface area contributed by atoms with E-state index in [4.69, 9.17) is 17.3 Å². The van der Waals surface area contributed by atoms with Crippen LogP contribution in [0.5, 0.6) is 0 Å². The lowest BCUT2D eigenvalue weighted by atomic mass is 10.1. The van der Waals surface area contributed by atoms with Gasteiger partial charge in [-0.2, -0.15) is 0 Å². The molecule has 0 saturated heterocycles. The summed E-state index contributed by atoms with van der Waals surface area (Å²) in [4.78, 5) is 22.3. The van der Waals surface area contributed by atoms with E-state index in [0.717, 1.165) is 0 Å². The number of halogens is 1. The summed E-state index contributed by atoms with van der Waals surface area (Å²) >= 11 is 5.78. The monoisotopic (exact) mass is 305 g/mol. The Morgan fingerprint density at radius 3 is 2.57 bits per heavy atom. The molecule has 0 saturated carbocycles. The van der Waals surface area contributed by atoms with Crippen LogP contribution in [0.3, 0.4) is 0 Å². The zero-order valence-corrected chi connectivity index (χ0v) is 11.8. The van der Waals surface area contributed by atoms with Crippen LogP contribution in [0.2, 0.25) is 5.02 Å². The number of carbonyl (C=O) groups is 1. The number of aryl methyl sites for hydroxylation is 1. The highest BCUT2D eigenvalue weighted by Crippen LogP contribution is 2.23. The second-order valence-electron chi connectivity index (χ2n) is 4.44. The lowest BCUT2D eigenvalue weighted by Crippen LogP contribution is -2.14. The van der Waals surface area contributed by atoms with E-state index in [9.17, 15) is 14.9 Å². The summed E-state index contributed by atoms with van der Waals surface area (Å²) in [6.07, 6.45) is 0. The van der Waals surface area contributed by atoms with Crippen LogP contribution in [-0.4, -0.2) is 10.8 Å². The molecule has 108 valence electrons. The fraction of sp³-hybridized carbons (Fsp3) is 0.0714. The summed E-state index contributed by atoms with van der Waals surface area (Å²) in [5.74, 6) is -0.402. The van der Waals surface area contributed by atoms with Crippen LogP contribution < -0.4 is 11.1 Å². The molecule has 0 spiro atoms. The Balaban J connectivity index is 2.25. The maximum absolute atomic E-state index is 12.1. The highest BCUT2D eigenvalue weighted by molar-refractivity contribution is 6.31. The molecule has 3 N–H and O–H groups in total. The van der Waals surface area contributed by atoms with E-state index >= 15 is 0 Å². The van der Waals surface area contributed by atoms with Crippen molar-refractivity contribution < 1.29 is 9.72 Å². The third-order valence-electron chi connectivity index (χ3n) is 2.93. The van der Waals surface area contributed by atoms with Crippen LogP contribution in [0.1, 0.15) is 15.9 Å². The Bertz CT molecular complexity index is 731. The molecular formula is C14H12ClN3O3. The van der Waals surface area contributed by atoms with E-state index in [1.807, 2.05) is 0 Å². The van der Waals surface area contributed by atoms with Crippen LogP contribution in [0.15, 0.2) is 36.4 Å². The van der Waals surface area contributed by atoms with E-state index in [1.54, 1.807) is 13.0 Å². The quantitative estimate of drug-likeness (QED) is 0.516. The molecule has 2 aromatic rings. The van der Waals surface area contributed by atoms with Gasteiger partial charge in [0.1, 0.15) is 0 Å². The molecule has 7 heteroatoms. The number of carbonyl (C=O) groups excluding carboxylic acids is 1. The van der Waals surface area contributed by atoms with E-state index in [-0.39, 0.29) is 16.9 Å². The standard InChI is InChI=1S/C14H12ClN3O3/c1-8-6-10(18(20)21)3-5-13(8)17-14(19)11-4-2-9(15)7-12(11)16/h2-7H,16H2,1H3,(H,17,19). The highest BCUT2D eigenvalue weighted by Gasteiger charge is 2.13. The normalized spacial score (nSPS) is 10.2. The van der Waals surface area contributed by atoms with Crippen LogP contribution >= 0.6 is 11.6 Å². The van der Waals surface area contributed by atoms with Crippen LogP contribution in [0, 0.1) is 17.0 Å². The van der Waals surface area contributed by atoms with Crippen molar-refractivity contribution in [3.8, 4) is 0 Å². The third-order valence-corrected chi connectivity index (χ3v) is 3.16. The maximum atomic E-state index is 12.1. The number of nitro benzene ring substituents is 1.